The monoisotopic (exact) mass is 805 g/mol. The molecule has 4 heteroatoms. The van der Waals surface area contributed by atoms with Crippen LogP contribution in [0.2, 0.25) is 0 Å². The molecule has 2 aromatic heterocycles. The third-order valence-electron chi connectivity index (χ3n) is 13.0. The van der Waals surface area contributed by atoms with Crippen LogP contribution in [0, 0.1) is 0 Å². The molecule has 2 heterocycles. The minimum absolute atomic E-state index is 0.472. The van der Waals surface area contributed by atoms with Gasteiger partial charge in [0.05, 0.1) is 5.41 Å². The van der Waals surface area contributed by atoms with Crippen LogP contribution in [0.25, 0.3) is 98.8 Å². The van der Waals surface area contributed by atoms with Crippen molar-refractivity contribution in [3.8, 4) is 78.7 Å². The average Bonchev–Trinajstić information content (AvgIpc) is 3.99. The smallest absolute Gasteiger partial charge is 0.164 e. The van der Waals surface area contributed by atoms with E-state index in [-0.39, 0.29) is 0 Å². The second kappa shape index (κ2) is 13.6. The molecule has 0 atom stereocenters. The highest BCUT2D eigenvalue weighted by Crippen LogP contribution is 2.63. The number of hydrogen-bond acceptors (Lipinski definition) is 4. The Hall–Kier alpha value is -7.79. The summed E-state index contributed by atoms with van der Waals surface area (Å²) in [5, 5.41) is 2.59. The Bertz CT molecular complexity index is 3540. The summed E-state index contributed by atoms with van der Waals surface area (Å²) >= 11 is 1.85. The van der Waals surface area contributed by atoms with E-state index in [4.69, 9.17) is 15.0 Å². The fourth-order valence-electron chi connectivity index (χ4n) is 10.4. The normalized spacial score (nSPS) is 13.0. The first-order valence-electron chi connectivity index (χ1n) is 21.1. The molecule has 13 rings (SSSR count). The van der Waals surface area contributed by atoms with Gasteiger partial charge in [0.1, 0.15) is 0 Å². The summed E-state index contributed by atoms with van der Waals surface area (Å²) in [5.41, 5.74) is 17.1. The number of fused-ring (bicyclic) bond motifs is 13. The minimum atomic E-state index is -0.472. The molecular formula is C58H35N3S. The Kier molecular flexibility index (Phi) is 7.69. The van der Waals surface area contributed by atoms with Crippen molar-refractivity contribution >= 4 is 31.5 Å². The van der Waals surface area contributed by atoms with Gasteiger partial charge in [-0.1, -0.05) is 200 Å². The van der Waals surface area contributed by atoms with Gasteiger partial charge in [-0.2, -0.15) is 0 Å². The fourth-order valence-corrected chi connectivity index (χ4v) is 11.6. The molecule has 0 saturated carbocycles. The van der Waals surface area contributed by atoms with Crippen molar-refractivity contribution in [1.29, 1.82) is 0 Å². The first kappa shape index (κ1) is 35.0. The van der Waals surface area contributed by atoms with E-state index in [1.807, 2.05) is 11.3 Å². The molecular weight excluding hydrogens is 771 g/mol. The van der Waals surface area contributed by atoms with Crippen molar-refractivity contribution in [2.75, 3.05) is 0 Å². The Balaban J connectivity index is 1.04. The van der Waals surface area contributed by atoms with Gasteiger partial charge in [0, 0.05) is 36.9 Å². The number of benzene rings is 9. The number of hydrogen-bond donors (Lipinski definition) is 0. The zero-order valence-electron chi connectivity index (χ0n) is 33.5. The summed E-state index contributed by atoms with van der Waals surface area (Å²) in [6.45, 7) is 0. The number of rotatable bonds is 5. The van der Waals surface area contributed by atoms with Crippen molar-refractivity contribution in [1.82, 2.24) is 15.0 Å². The van der Waals surface area contributed by atoms with Crippen LogP contribution in [0.3, 0.4) is 0 Å². The summed E-state index contributed by atoms with van der Waals surface area (Å²) in [7, 11) is 0. The van der Waals surface area contributed by atoms with E-state index in [1.54, 1.807) is 0 Å². The van der Waals surface area contributed by atoms with E-state index in [9.17, 15) is 0 Å². The Morgan fingerprint density at radius 2 is 0.758 bits per heavy atom. The van der Waals surface area contributed by atoms with E-state index < -0.39 is 5.41 Å². The zero-order chi connectivity index (χ0) is 40.8. The first-order chi connectivity index (χ1) is 30.8. The van der Waals surface area contributed by atoms with E-state index in [1.165, 1.54) is 70.2 Å². The summed E-state index contributed by atoms with van der Waals surface area (Å²) in [4.78, 5) is 16.2. The van der Waals surface area contributed by atoms with Gasteiger partial charge in [-0.3, -0.25) is 0 Å². The van der Waals surface area contributed by atoms with Gasteiger partial charge >= 0.3 is 0 Å². The quantitative estimate of drug-likeness (QED) is 0.174. The molecule has 2 aliphatic rings. The maximum Gasteiger partial charge on any atom is 0.164 e. The largest absolute Gasteiger partial charge is 0.208 e. The van der Waals surface area contributed by atoms with Crippen LogP contribution in [0.15, 0.2) is 212 Å². The third kappa shape index (κ3) is 5.02. The maximum atomic E-state index is 5.44. The SMILES string of the molecule is c1ccc(-c2ccccc2-c2nc(-c3ccc(-c4cccc5sc6ccccc6c45)cc3)nc(-c3cccc4c3-c3ccccc3C43c4ccccc4-c4ccccc43)n2)cc1. The Labute approximate surface area is 363 Å². The molecule has 0 N–H and O–H groups in total. The van der Waals surface area contributed by atoms with Crippen molar-refractivity contribution in [2.24, 2.45) is 0 Å². The highest BCUT2D eigenvalue weighted by molar-refractivity contribution is 7.25. The standard InChI is InChI=1S/C58H35N3S/c1-2-16-36(17-3-1)39-18-4-5-21-43(39)56-59-55(38-34-32-37(33-35-38)40-24-15-31-52-54(40)45-23-9-13-30-51(45)62-52)60-57(61-56)46-25-14-29-50-53(46)44-22-8-12-28-49(44)58(50)47-26-10-6-19-41(47)42-20-7-11-27-48(42)58/h1-35H. The van der Waals surface area contributed by atoms with Crippen molar-refractivity contribution in [3.05, 3.63) is 235 Å². The Morgan fingerprint density at radius 1 is 0.290 bits per heavy atom. The first-order valence-corrected chi connectivity index (χ1v) is 21.9. The summed E-state index contributed by atoms with van der Waals surface area (Å²) in [5.74, 6) is 1.92. The highest BCUT2D eigenvalue weighted by atomic mass is 32.1. The molecule has 0 aliphatic heterocycles. The second-order valence-electron chi connectivity index (χ2n) is 16.2. The van der Waals surface area contributed by atoms with Crippen molar-refractivity contribution in [3.63, 3.8) is 0 Å². The highest BCUT2D eigenvalue weighted by Gasteiger charge is 2.52. The van der Waals surface area contributed by atoms with Gasteiger partial charge in [-0.25, -0.2) is 15.0 Å². The fraction of sp³-hybridized carbons (Fsp3) is 0.0172. The lowest BCUT2D eigenvalue weighted by Crippen LogP contribution is -2.25. The maximum absolute atomic E-state index is 5.44. The lowest BCUT2D eigenvalue weighted by atomic mass is 9.70. The molecule has 62 heavy (non-hydrogen) atoms. The zero-order valence-corrected chi connectivity index (χ0v) is 34.3. The van der Waals surface area contributed by atoms with E-state index in [0.29, 0.717) is 17.5 Å². The van der Waals surface area contributed by atoms with Crippen molar-refractivity contribution < 1.29 is 0 Å². The molecule has 288 valence electrons. The van der Waals surface area contributed by atoms with E-state index >= 15 is 0 Å². The predicted molar refractivity (Wildman–Crippen MR) is 256 cm³/mol. The van der Waals surface area contributed by atoms with Crippen LogP contribution in [0.5, 0.6) is 0 Å². The molecule has 0 bridgehead atoms. The third-order valence-corrected chi connectivity index (χ3v) is 14.1. The number of thiophene rings is 1. The summed E-state index contributed by atoms with van der Waals surface area (Å²) < 4.78 is 2.59. The van der Waals surface area contributed by atoms with Crippen LogP contribution in [0.1, 0.15) is 22.3 Å². The summed E-state index contributed by atoms with van der Waals surface area (Å²) in [6, 6.07) is 76.6. The summed E-state index contributed by atoms with van der Waals surface area (Å²) in [6.07, 6.45) is 0. The predicted octanol–water partition coefficient (Wildman–Crippen LogP) is 14.9. The minimum Gasteiger partial charge on any atom is -0.208 e. The molecule has 0 unspecified atom stereocenters. The van der Waals surface area contributed by atoms with E-state index in [0.717, 1.165) is 33.4 Å². The molecule has 1 spiro atoms. The molecule has 11 aromatic rings. The lowest BCUT2D eigenvalue weighted by molar-refractivity contribution is 0.794. The van der Waals surface area contributed by atoms with Gasteiger partial charge in [0.15, 0.2) is 17.5 Å². The molecule has 3 nitrogen and oxygen atoms in total. The Morgan fingerprint density at radius 3 is 1.50 bits per heavy atom. The van der Waals surface area contributed by atoms with E-state index in [2.05, 4.69) is 212 Å². The average molecular weight is 806 g/mol. The number of nitrogens with zero attached hydrogens (tertiary/aromatic N) is 3. The molecule has 9 aromatic carbocycles. The van der Waals surface area contributed by atoms with Crippen LogP contribution in [0.4, 0.5) is 0 Å². The molecule has 0 fully saturated rings. The van der Waals surface area contributed by atoms with Crippen LogP contribution < -0.4 is 0 Å². The van der Waals surface area contributed by atoms with Gasteiger partial charge in [-0.05, 0) is 78.9 Å². The second-order valence-corrected chi connectivity index (χ2v) is 17.3. The molecule has 0 radical (unpaired) electrons. The van der Waals surface area contributed by atoms with Crippen molar-refractivity contribution in [2.45, 2.75) is 5.41 Å². The van der Waals surface area contributed by atoms with Gasteiger partial charge in [0.25, 0.3) is 0 Å². The van der Waals surface area contributed by atoms with Crippen LogP contribution in [-0.4, -0.2) is 15.0 Å². The molecule has 2 aliphatic carbocycles. The topological polar surface area (TPSA) is 38.7 Å². The molecule has 0 amide bonds. The number of aromatic nitrogens is 3. The van der Waals surface area contributed by atoms with Gasteiger partial charge in [0.2, 0.25) is 0 Å². The molecule has 0 saturated heterocycles. The van der Waals surface area contributed by atoms with Crippen LogP contribution >= 0.6 is 11.3 Å². The van der Waals surface area contributed by atoms with Gasteiger partial charge < -0.3 is 0 Å². The lowest BCUT2D eigenvalue weighted by Gasteiger charge is -2.30. The van der Waals surface area contributed by atoms with Crippen LogP contribution in [-0.2, 0) is 5.41 Å². The van der Waals surface area contributed by atoms with Gasteiger partial charge in [-0.15, -0.1) is 11.3 Å².